The number of rotatable bonds is 4. The summed E-state index contributed by atoms with van der Waals surface area (Å²) in [6.07, 6.45) is 6.14. The Morgan fingerprint density at radius 1 is 1.14 bits per heavy atom. The van der Waals surface area contributed by atoms with E-state index >= 15 is 0 Å². The van der Waals surface area contributed by atoms with Gasteiger partial charge in [0, 0.05) is 19.3 Å². The van der Waals surface area contributed by atoms with Gasteiger partial charge in [0.2, 0.25) is 11.6 Å². The van der Waals surface area contributed by atoms with Crippen LogP contribution in [0.3, 0.4) is 0 Å². The lowest BCUT2D eigenvalue weighted by Crippen LogP contribution is -2.31. The normalized spacial score (nSPS) is 14.6. The van der Waals surface area contributed by atoms with E-state index in [9.17, 15) is 10.1 Å². The summed E-state index contributed by atoms with van der Waals surface area (Å²) in [6.45, 7) is 1.56. The van der Waals surface area contributed by atoms with Crippen molar-refractivity contribution in [3.8, 4) is 0 Å². The van der Waals surface area contributed by atoms with E-state index in [1.165, 1.54) is 6.33 Å². The molecule has 8 nitrogen and oxygen atoms in total. The summed E-state index contributed by atoms with van der Waals surface area (Å²) >= 11 is 0. The van der Waals surface area contributed by atoms with E-state index in [2.05, 4.69) is 20.3 Å². The average molecular weight is 300 g/mol. The highest BCUT2D eigenvalue weighted by molar-refractivity contribution is 5.73. The molecule has 2 aromatic rings. The number of nitrogens with zero attached hydrogens (tertiary/aromatic N) is 5. The topological polar surface area (TPSA) is 97.1 Å². The second-order valence-electron chi connectivity index (χ2n) is 5.04. The largest absolute Gasteiger partial charge is 0.353 e. The van der Waals surface area contributed by atoms with Crippen molar-refractivity contribution in [1.29, 1.82) is 0 Å². The molecule has 2 aromatic heterocycles. The van der Waals surface area contributed by atoms with Gasteiger partial charge in [-0.3, -0.25) is 10.1 Å². The first-order valence-electron chi connectivity index (χ1n) is 7.18. The van der Waals surface area contributed by atoms with Gasteiger partial charge in [0.15, 0.2) is 0 Å². The summed E-state index contributed by atoms with van der Waals surface area (Å²) in [6, 6.07) is 5.30. The van der Waals surface area contributed by atoms with Gasteiger partial charge >= 0.3 is 5.69 Å². The molecule has 1 N–H and O–H groups in total. The highest BCUT2D eigenvalue weighted by Gasteiger charge is 2.28. The van der Waals surface area contributed by atoms with Crippen molar-refractivity contribution in [2.24, 2.45) is 0 Å². The van der Waals surface area contributed by atoms with E-state index in [0.717, 1.165) is 32.4 Å². The Bertz CT molecular complexity index is 658. The number of aromatic nitrogens is 3. The number of nitro groups is 1. The van der Waals surface area contributed by atoms with E-state index in [-0.39, 0.29) is 11.5 Å². The Hall–Kier alpha value is -2.77. The smallest absolute Gasteiger partial charge is 0.351 e. The third-order valence-electron chi connectivity index (χ3n) is 3.55. The monoisotopic (exact) mass is 300 g/mol. The molecule has 0 radical (unpaired) electrons. The first kappa shape index (κ1) is 14.2. The minimum Gasteiger partial charge on any atom is -0.351 e. The van der Waals surface area contributed by atoms with Crippen LogP contribution in [0.1, 0.15) is 19.3 Å². The van der Waals surface area contributed by atoms with Gasteiger partial charge in [-0.1, -0.05) is 6.07 Å². The van der Waals surface area contributed by atoms with Crippen molar-refractivity contribution >= 4 is 23.1 Å². The second kappa shape index (κ2) is 6.33. The number of hydrogen-bond donors (Lipinski definition) is 1. The van der Waals surface area contributed by atoms with Gasteiger partial charge < -0.3 is 10.2 Å². The fourth-order valence-electron chi connectivity index (χ4n) is 2.52. The first-order valence-corrected chi connectivity index (χ1v) is 7.18. The van der Waals surface area contributed by atoms with Crippen LogP contribution in [-0.2, 0) is 0 Å². The average Bonchev–Trinajstić information content (AvgIpc) is 2.56. The molecule has 0 atom stereocenters. The minimum absolute atomic E-state index is 0.102. The molecule has 0 aromatic carbocycles. The molecule has 0 unspecified atom stereocenters. The molecular formula is C14H16N6O2. The summed E-state index contributed by atoms with van der Waals surface area (Å²) in [5.41, 5.74) is -0.102. The molecule has 0 saturated carbocycles. The summed E-state index contributed by atoms with van der Waals surface area (Å²) in [5, 5.41) is 14.4. The van der Waals surface area contributed by atoms with Gasteiger partial charge in [-0.2, -0.15) is 0 Å². The lowest BCUT2D eigenvalue weighted by atomic mass is 10.1. The molecule has 3 heterocycles. The minimum atomic E-state index is -0.435. The van der Waals surface area contributed by atoms with Gasteiger partial charge in [0.1, 0.15) is 12.1 Å². The molecular weight excluding hydrogens is 284 g/mol. The van der Waals surface area contributed by atoms with Crippen LogP contribution < -0.4 is 10.2 Å². The Kier molecular flexibility index (Phi) is 4.08. The summed E-state index contributed by atoms with van der Waals surface area (Å²) in [5.74, 6) is 1.05. The Balaban J connectivity index is 1.97. The van der Waals surface area contributed by atoms with Crippen LogP contribution in [0.5, 0.6) is 0 Å². The molecule has 0 bridgehead atoms. The zero-order valence-corrected chi connectivity index (χ0v) is 12.0. The van der Waals surface area contributed by atoms with Crippen LogP contribution in [0.2, 0.25) is 0 Å². The SMILES string of the molecule is O=[N+]([O-])c1c(Nc2ccccn2)ncnc1N1CCCCC1. The van der Waals surface area contributed by atoms with E-state index in [1.54, 1.807) is 24.4 Å². The third-order valence-corrected chi connectivity index (χ3v) is 3.55. The van der Waals surface area contributed by atoms with E-state index < -0.39 is 4.92 Å². The molecule has 0 spiro atoms. The molecule has 1 fully saturated rings. The predicted octanol–water partition coefficient (Wildman–Crippen LogP) is 2.51. The van der Waals surface area contributed by atoms with Gasteiger partial charge in [-0.15, -0.1) is 0 Å². The second-order valence-corrected chi connectivity index (χ2v) is 5.04. The summed E-state index contributed by atoms with van der Waals surface area (Å²) in [7, 11) is 0. The van der Waals surface area contributed by atoms with Gasteiger partial charge in [0.05, 0.1) is 4.92 Å². The third kappa shape index (κ3) is 2.95. The number of pyridine rings is 1. The maximum absolute atomic E-state index is 11.5. The van der Waals surface area contributed by atoms with Crippen LogP contribution in [0.15, 0.2) is 30.7 Å². The van der Waals surface area contributed by atoms with E-state index in [1.807, 2.05) is 4.90 Å². The van der Waals surface area contributed by atoms with Crippen molar-refractivity contribution in [1.82, 2.24) is 15.0 Å². The predicted molar refractivity (Wildman–Crippen MR) is 82.3 cm³/mol. The standard InChI is InChI=1S/C14H16N6O2/c21-20(22)12-13(18-11-6-2-3-7-15-11)16-10-17-14(12)19-8-4-1-5-9-19/h2-3,6-7,10H,1,4-5,8-9H2,(H,15,16,17,18). The zero-order chi connectivity index (χ0) is 15.4. The zero-order valence-electron chi connectivity index (χ0n) is 12.0. The Labute approximate surface area is 127 Å². The fourth-order valence-corrected chi connectivity index (χ4v) is 2.52. The van der Waals surface area contributed by atoms with Crippen LogP contribution in [0.25, 0.3) is 0 Å². The molecule has 1 saturated heterocycles. The number of hydrogen-bond acceptors (Lipinski definition) is 7. The quantitative estimate of drug-likeness (QED) is 0.684. The number of piperidine rings is 1. The van der Waals surface area contributed by atoms with Crippen molar-refractivity contribution in [3.63, 3.8) is 0 Å². The first-order chi connectivity index (χ1) is 10.8. The molecule has 0 aliphatic carbocycles. The van der Waals surface area contributed by atoms with Crippen molar-refractivity contribution in [2.75, 3.05) is 23.3 Å². The molecule has 22 heavy (non-hydrogen) atoms. The number of nitrogens with one attached hydrogen (secondary N) is 1. The Morgan fingerprint density at radius 2 is 1.95 bits per heavy atom. The van der Waals surface area contributed by atoms with Gasteiger partial charge in [-0.25, -0.2) is 15.0 Å². The Morgan fingerprint density at radius 3 is 2.64 bits per heavy atom. The maximum atomic E-state index is 11.5. The van der Waals surface area contributed by atoms with E-state index in [4.69, 9.17) is 0 Å². The van der Waals surface area contributed by atoms with Crippen LogP contribution >= 0.6 is 0 Å². The number of anilines is 3. The van der Waals surface area contributed by atoms with Gasteiger partial charge in [0.25, 0.3) is 0 Å². The fraction of sp³-hybridized carbons (Fsp3) is 0.357. The van der Waals surface area contributed by atoms with Crippen molar-refractivity contribution in [2.45, 2.75) is 19.3 Å². The van der Waals surface area contributed by atoms with Crippen molar-refractivity contribution < 1.29 is 4.92 Å². The van der Waals surface area contributed by atoms with Crippen molar-refractivity contribution in [3.05, 3.63) is 40.8 Å². The molecule has 1 aliphatic rings. The molecule has 8 heteroatoms. The maximum Gasteiger partial charge on any atom is 0.353 e. The molecule has 114 valence electrons. The lowest BCUT2D eigenvalue weighted by Gasteiger charge is -2.27. The van der Waals surface area contributed by atoms with E-state index in [0.29, 0.717) is 11.6 Å². The van der Waals surface area contributed by atoms with Gasteiger partial charge in [-0.05, 0) is 31.4 Å². The molecule has 1 aliphatic heterocycles. The van der Waals surface area contributed by atoms with Crippen LogP contribution in [0.4, 0.5) is 23.1 Å². The summed E-state index contributed by atoms with van der Waals surface area (Å²) in [4.78, 5) is 25.3. The molecule has 0 amide bonds. The summed E-state index contributed by atoms with van der Waals surface area (Å²) < 4.78 is 0. The highest BCUT2D eigenvalue weighted by Crippen LogP contribution is 2.34. The van der Waals surface area contributed by atoms with Crippen LogP contribution in [-0.4, -0.2) is 33.0 Å². The van der Waals surface area contributed by atoms with Crippen LogP contribution in [0, 0.1) is 10.1 Å². The lowest BCUT2D eigenvalue weighted by molar-refractivity contribution is -0.383. The molecule has 3 rings (SSSR count). The highest BCUT2D eigenvalue weighted by atomic mass is 16.6.